The maximum Gasteiger partial charge on any atom is 0.165 e. The lowest BCUT2D eigenvalue weighted by molar-refractivity contribution is -0.123. The van der Waals surface area contributed by atoms with Crippen LogP contribution >= 0.6 is 0 Å². The summed E-state index contributed by atoms with van der Waals surface area (Å²) >= 11 is 0. The van der Waals surface area contributed by atoms with Crippen LogP contribution < -0.4 is 0 Å². The van der Waals surface area contributed by atoms with Crippen molar-refractivity contribution < 1.29 is 24.9 Å². The average molecular weight is 298 g/mol. The van der Waals surface area contributed by atoms with Crippen molar-refractivity contribution in [1.82, 2.24) is 0 Å². The molecule has 2 aliphatic rings. The highest BCUT2D eigenvalue weighted by Gasteiger charge is 2.40. The Morgan fingerprint density at radius 2 is 2.00 bits per heavy atom. The molecule has 1 aliphatic heterocycles. The zero-order chi connectivity index (χ0) is 15.4. The Morgan fingerprint density at radius 1 is 1.24 bits per heavy atom. The number of aliphatic hydroxyl groups is 3. The van der Waals surface area contributed by atoms with Gasteiger partial charge < -0.3 is 20.1 Å². The molecule has 0 fully saturated rings. The molecule has 0 bridgehead atoms. The van der Waals surface area contributed by atoms with E-state index in [9.17, 15) is 20.1 Å². The molecule has 0 aromatic heterocycles. The Labute approximate surface area is 125 Å². The maximum absolute atomic E-state index is 11.8. The molecule has 0 aromatic rings. The molecule has 1 aliphatic carbocycles. The second kappa shape index (κ2) is 7.38. The summed E-state index contributed by atoms with van der Waals surface area (Å²) in [5.41, 5.74) is 0.211. The van der Waals surface area contributed by atoms with E-state index in [-0.39, 0.29) is 30.0 Å². The first-order chi connectivity index (χ1) is 10.0. The van der Waals surface area contributed by atoms with Gasteiger partial charge in [0.2, 0.25) is 0 Å². The monoisotopic (exact) mass is 298 g/mol. The number of carbonyl (C=O) groups is 1. The lowest BCUT2D eigenvalue weighted by Gasteiger charge is -2.37. The van der Waals surface area contributed by atoms with Crippen LogP contribution in [0.2, 0.25) is 0 Å². The molecule has 2 rings (SSSR count). The molecular weight excluding hydrogens is 272 g/mol. The highest BCUT2D eigenvalue weighted by Crippen LogP contribution is 2.34. The SMILES string of the molecule is CCCCCC[C@H](O)[C@@H]1C[C@@H](O)C2=C(O1)[C@@H](O)CCC2=O. The summed E-state index contributed by atoms with van der Waals surface area (Å²) < 4.78 is 5.66. The molecule has 0 saturated carbocycles. The number of aliphatic hydroxyl groups excluding tert-OH is 3. The third-order valence-electron chi connectivity index (χ3n) is 4.36. The second-order valence-electron chi connectivity index (χ2n) is 6.08. The Bertz CT molecular complexity index is 403. The van der Waals surface area contributed by atoms with Gasteiger partial charge in [-0.25, -0.2) is 0 Å². The summed E-state index contributed by atoms with van der Waals surface area (Å²) in [5, 5.41) is 30.3. The lowest BCUT2D eigenvalue weighted by Crippen LogP contribution is -2.43. The molecule has 0 radical (unpaired) electrons. The van der Waals surface area contributed by atoms with Crippen molar-refractivity contribution in [3.05, 3.63) is 11.3 Å². The van der Waals surface area contributed by atoms with E-state index >= 15 is 0 Å². The summed E-state index contributed by atoms with van der Waals surface area (Å²) in [4.78, 5) is 11.8. The fraction of sp³-hybridized carbons (Fsp3) is 0.812. The van der Waals surface area contributed by atoms with E-state index in [1.54, 1.807) is 0 Å². The van der Waals surface area contributed by atoms with Gasteiger partial charge in [0.15, 0.2) is 5.78 Å². The minimum atomic E-state index is -0.938. The maximum atomic E-state index is 11.8. The number of ether oxygens (including phenoxy) is 1. The highest BCUT2D eigenvalue weighted by atomic mass is 16.5. The first-order valence-electron chi connectivity index (χ1n) is 8.02. The summed E-state index contributed by atoms with van der Waals surface area (Å²) in [7, 11) is 0. The number of hydrogen-bond donors (Lipinski definition) is 3. The fourth-order valence-corrected chi connectivity index (χ4v) is 3.09. The second-order valence-corrected chi connectivity index (χ2v) is 6.08. The van der Waals surface area contributed by atoms with Gasteiger partial charge >= 0.3 is 0 Å². The van der Waals surface area contributed by atoms with Gasteiger partial charge in [-0.1, -0.05) is 32.6 Å². The van der Waals surface area contributed by atoms with Crippen LogP contribution in [-0.2, 0) is 9.53 Å². The van der Waals surface area contributed by atoms with Gasteiger partial charge in [0.25, 0.3) is 0 Å². The van der Waals surface area contributed by atoms with Crippen molar-refractivity contribution in [1.29, 1.82) is 0 Å². The van der Waals surface area contributed by atoms with Gasteiger partial charge in [-0.2, -0.15) is 0 Å². The number of rotatable bonds is 6. The van der Waals surface area contributed by atoms with Gasteiger partial charge in [0, 0.05) is 12.8 Å². The molecule has 0 saturated heterocycles. The van der Waals surface area contributed by atoms with Crippen LogP contribution in [0.25, 0.3) is 0 Å². The van der Waals surface area contributed by atoms with Crippen LogP contribution in [0.1, 0.15) is 58.3 Å². The van der Waals surface area contributed by atoms with E-state index in [2.05, 4.69) is 6.92 Å². The number of Topliss-reactive ketones (excluding diaryl/α,β-unsaturated/α-hetero) is 1. The summed E-state index contributed by atoms with van der Waals surface area (Å²) in [6, 6.07) is 0. The molecule has 5 nitrogen and oxygen atoms in total. The summed E-state index contributed by atoms with van der Waals surface area (Å²) in [6.07, 6.45) is 2.66. The number of ketones is 1. The summed E-state index contributed by atoms with van der Waals surface area (Å²) in [5.74, 6) is 0.0290. The molecule has 120 valence electrons. The number of hydrogen-bond acceptors (Lipinski definition) is 5. The van der Waals surface area contributed by atoms with Gasteiger partial charge in [-0.05, 0) is 12.8 Å². The standard InChI is InChI=1S/C16H26O5/c1-2-3-4-5-6-10(17)14-9-13(20)15-11(18)7-8-12(19)16(15)21-14/h10,12-14,17,19-20H,2-9H2,1H3/t10-,12-,13+,14-/m0/s1. The van der Waals surface area contributed by atoms with E-state index in [4.69, 9.17) is 4.74 Å². The van der Waals surface area contributed by atoms with Crippen LogP contribution in [0, 0.1) is 0 Å². The van der Waals surface area contributed by atoms with E-state index < -0.39 is 24.4 Å². The molecule has 1 heterocycles. The summed E-state index contributed by atoms with van der Waals surface area (Å²) in [6.45, 7) is 2.13. The molecule has 0 spiro atoms. The van der Waals surface area contributed by atoms with E-state index in [0.717, 1.165) is 25.7 Å². The molecule has 21 heavy (non-hydrogen) atoms. The predicted octanol–water partition coefficient (Wildman–Crippen LogP) is 1.45. The fourth-order valence-electron chi connectivity index (χ4n) is 3.09. The average Bonchev–Trinajstić information content (AvgIpc) is 2.46. The van der Waals surface area contributed by atoms with Crippen molar-refractivity contribution >= 4 is 5.78 Å². The molecule has 0 aromatic carbocycles. The van der Waals surface area contributed by atoms with Crippen molar-refractivity contribution in [2.24, 2.45) is 0 Å². The van der Waals surface area contributed by atoms with Gasteiger partial charge in [-0.3, -0.25) is 4.79 Å². The van der Waals surface area contributed by atoms with Gasteiger partial charge in [-0.15, -0.1) is 0 Å². The minimum Gasteiger partial charge on any atom is -0.489 e. The van der Waals surface area contributed by atoms with Crippen LogP contribution in [0.4, 0.5) is 0 Å². The molecule has 5 heteroatoms. The largest absolute Gasteiger partial charge is 0.489 e. The molecule has 4 atom stereocenters. The van der Waals surface area contributed by atoms with Crippen LogP contribution in [0.3, 0.4) is 0 Å². The molecule has 0 unspecified atom stereocenters. The number of carbonyl (C=O) groups excluding carboxylic acids is 1. The van der Waals surface area contributed by atoms with Crippen molar-refractivity contribution in [3.8, 4) is 0 Å². The lowest BCUT2D eigenvalue weighted by atomic mass is 9.85. The zero-order valence-corrected chi connectivity index (χ0v) is 12.6. The first kappa shape index (κ1) is 16.5. The Balaban J connectivity index is 1.98. The van der Waals surface area contributed by atoms with Crippen molar-refractivity contribution in [3.63, 3.8) is 0 Å². The van der Waals surface area contributed by atoms with E-state index in [0.29, 0.717) is 12.8 Å². The first-order valence-corrected chi connectivity index (χ1v) is 8.02. The van der Waals surface area contributed by atoms with E-state index in [1.165, 1.54) is 0 Å². The van der Waals surface area contributed by atoms with Crippen LogP contribution in [0.15, 0.2) is 11.3 Å². The van der Waals surface area contributed by atoms with Gasteiger partial charge in [0.1, 0.15) is 18.0 Å². The Morgan fingerprint density at radius 3 is 2.71 bits per heavy atom. The third-order valence-corrected chi connectivity index (χ3v) is 4.36. The molecular formula is C16H26O5. The Hall–Kier alpha value is -0.910. The predicted molar refractivity (Wildman–Crippen MR) is 77.5 cm³/mol. The smallest absolute Gasteiger partial charge is 0.165 e. The topological polar surface area (TPSA) is 87.0 Å². The van der Waals surface area contributed by atoms with Gasteiger partial charge in [0.05, 0.1) is 17.8 Å². The molecule has 0 amide bonds. The van der Waals surface area contributed by atoms with Crippen LogP contribution in [-0.4, -0.2) is 45.5 Å². The van der Waals surface area contributed by atoms with Crippen molar-refractivity contribution in [2.45, 2.75) is 82.7 Å². The normalized spacial score (nSPS) is 30.9. The number of unbranched alkanes of at least 4 members (excludes halogenated alkanes) is 3. The van der Waals surface area contributed by atoms with E-state index in [1.807, 2.05) is 0 Å². The Kier molecular flexibility index (Phi) is 5.79. The molecule has 3 N–H and O–H groups in total. The minimum absolute atomic E-state index is 0.154. The van der Waals surface area contributed by atoms with Crippen LogP contribution in [0.5, 0.6) is 0 Å². The highest BCUT2D eigenvalue weighted by molar-refractivity contribution is 5.98. The zero-order valence-electron chi connectivity index (χ0n) is 12.6. The quantitative estimate of drug-likeness (QED) is 0.646. The van der Waals surface area contributed by atoms with Crippen molar-refractivity contribution in [2.75, 3.05) is 0 Å². The third kappa shape index (κ3) is 3.84.